The van der Waals surface area contributed by atoms with Gasteiger partial charge >= 0.3 is 0 Å². The predicted molar refractivity (Wildman–Crippen MR) is 75.3 cm³/mol. The van der Waals surface area contributed by atoms with Gasteiger partial charge in [-0.3, -0.25) is 0 Å². The third-order valence-corrected chi connectivity index (χ3v) is 3.20. The van der Waals surface area contributed by atoms with Crippen LogP contribution in [0.15, 0.2) is 24.3 Å². The number of unbranched alkanes of at least 4 members (excludes halogenated alkanes) is 1. The molecule has 0 nitrogen and oxygen atoms in total. The van der Waals surface area contributed by atoms with Crippen LogP contribution < -0.4 is 0 Å². The van der Waals surface area contributed by atoms with Gasteiger partial charge in [-0.2, -0.15) is 0 Å². The molecule has 1 aromatic rings. The maximum atomic E-state index is 3.41. The van der Waals surface area contributed by atoms with Crippen molar-refractivity contribution in [2.45, 2.75) is 45.8 Å². The number of aryl methyl sites for hydroxylation is 1. The molecule has 16 heavy (non-hydrogen) atoms. The summed E-state index contributed by atoms with van der Waals surface area (Å²) in [5.41, 5.74) is 6.01. The summed E-state index contributed by atoms with van der Waals surface area (Å²) in [5, 5.41) is 0. The molecule has 1 heteroatoms. The molecule has 0 radical (unpaired) electrons. The molecule has 0 atom stereocenters. The maximum Gasteiger partial charge on any atom is 0.129 e. The first-order valence-electron chi connectivity index (χ1n) is 6.13. The van der Waals surface area contributed by atoms with Gasteiger partial charge in [0, 0.05) is 5.56 Å². The average molecular weight is 230 g/mol. The summed E-state index contributed by atoms with van der Waals surface area (Å²) < 4.78 is 0. The molecule has 0 aliphatic heterocycles. The van der Waals surface area contributed by atoms with Crippen LogP contribution in [0.2, 0.25) is 19.6 Å². The molecule has 1 rings (SSSR count). The van der Waals surface area contributed by atoms with Crippen molar-refractivity contribution in [2.75, 3.05) is 0 Å². The average Bonchev–Trinajstić information content (AvgIpc) is 2.23. The largest absolute Gasteiger partial charge is 0.129 e. The van der Waals surface area contributed by atoms with Gasteiger partial charge in [0.1, 0.15) is 8.07 Å². The van der Waals surface area contributed by atoms with Gasteiger partial charge in [0.25, 0.3) is 0 Å². The van der Waals surface area contributed by atoms with Crippen LogP contribution in [0.3, 0.4) is 0 Å². The molecule has 86 valence electrons. The summed E-state index contributed by atoms with van der Waals surface area (Å²) in [7, 11) is -1.24. The van der Waals surface area contributed by atoms with Gasteiger partial charge in [0.2, 0.25) is 0 Å². The smallest absolute Gasteiger partial charge is 0.127 e. The lowest BCUT2D eigenvalue weighted by Gasteiger charge is -2.04. The minimum Gasteiger partial charge on any atom is -0.127 e. The molecule has 0 fully saturated rings. The SMILES string of the molecule is CCCCc1cccc(C#C[Si](C)(C)C)c1. The van der Waals surface area contributed by atoms with Crippen LogP contribution in [0, 0.1) is 11.5 Å². The first kappa shape index (κ1) is 13.1. The third-order valence-electron chi connectivity index (χ3n) is 2.33. The highest BCUT2D eigenvalue weighted by Gasteiger charge is 2.07. The summed E-state index contributed by atoms with van der Waals surface area (Å²) in [4.78, 5) is 0. The molecular weight excluding hydrogens is 208 g/mol. The summed E-state index contributed by atoms with van der Waals surface area (Å²) in [6, 6.07) is 8.68. The Balaban J connectivity index is 2.77. The monoisotopic (exact) mass is 230 g/mol. The summed E-state index contributed by atoms with van der Waals surface area (Å²) >= 11 is 0. The lowest BCUT2D eigenvalue weighted by molar-refractivity contribution is 0.795. The quantitative estimate of drug-likeness (QED) is 0.538. The second-order valence-electron chi connectivity index (χ2n) is 5.30. The number of hydrogen-bond donors (Lipinski definition) is 0. The fourth-order valence-electron chi connectivity index (χ4n) is 1.45. The summed E-state index contributed by atoms with van der Waals surface area (Å²) in [6.07, 6.45) is 3.70. The number of hydrogen-bond acceptors (Lipinski definition) is 0. The van der Waals surface area contributed by atoms with E-state index in [0.29, 0.717) is 0 Å². The molecule has 0 amide bonds. The Hall–Kier alpha value is -1.00. The van der Waals surface area contributed by atoms with E-state index in [2.05, 4.69) is 62.3 Å². The third kappa shape index (κ3) is 5.18. The zero-order valence-electron chi connectivity index (χ0n) is 10.9. The lowest BCUT2D eigenvalue weighted by Crippen LogP contribution is -2.16. The van der Waals surface area contributed by atoms with Crippen LogP contribution >= 0.6 is 0 Å². The molecule has 1 aromatic carbocycles. The molecule has 0 aliphatic carbocycles. The lowest BCUT2D eigenvalue weighted by atomic mass is 10.1. The molecule has 0 aromatic heterocycles. The molecule has 0 saturated carbocycles. The van der Waals surface area contributed by atoms with Crippen molar-refractivity contribution in [3.05, 3.63) is 35.4 Å². The van der Waals surface area contributed by atoms with Crippen LogP contribution in [0.4, 0.5) is 0 Å². The van der Waals surface area contributed by atoms with Crippen LogP contribution in [0.1, 0.15) is 30.9 Å². The second-order valence-corrected chi connectivity index (χ2v) is 10.1. The van der Waals surface area contributed by atoms with Crippen molar-refractivity contribution in [1.29, 1.82) is 0 Å². The summed E-state index contributed by atoms with van der Waals surface area (Å²) in [6.45, 7) is 9.07. The van der Waals surface area contributed by atoms with E-state index in [9.17, 15) is 0 Å². The number of rotatable bonds is 3. The van der Waals surface area contributed by atoms with Crippen molar-refractivity contribution < 1.29 is 0 Å². The number of benzene rings is 1. The maximum absolute atomic E-state index is 3.41. The van der Waals surface area contributed by atoms with Gasteiger partial charge in [-0.05, 0) is 30.5 Å². The van der Waals surface area contributed by atoms with Gasteiger partial charge in [0.05, 0.1) is 0 Å². The standard InChI is InChI=1S/C15H22Si/c1-5-6-8-14-9-7-10-15(13-14)11-12-16(2,3)4/h7,9-10,13H,5-6,8H2,1-4H3. The highest BCUT2D eigenvalue weighted by Crippen LogP contribution is 2.08. The van der Waals surface area contributed by atoms with Crippen LogP contribution in [0.5, 0.6) is 0 Å². The van der Waals surface area contributed by atoms with E-state index in [-0.39, 0.29) is 0 Å². The normalized spacial score (nSPS) is 10.8. The fourth-order valence-corrected chi connectivity index (χ4v) is 1.96. The molecule has 0 heterocycles. The molecule has 0 N–H and O–H groups in total. The van der Waals surface area contributed by atoms with Crippen molar-refractivity contribution in [3.63, 3.8) is 0 Å². The molecule has 0 unspecified atom stereocenters. The minimum atomic E-state index is -1.24. The minimum absolute atomic E-state index is 1.18. The van der Waals surface area contributed by atoms with Gasteiger partial charge in [-0.1, -0.05) is 51.0 Å². The van der Waals surface area contributed by atoms with E-state index in [4.69, 9.17) is 0 Å². The summed E-state index contributed by atoms with van der Waals surface area (Å²) in [5.74, 6) is 3.31. The Morgan fingerprint density at radius 3 is 2.56 bits per heavy atom. The van der Waals surface area contributed by atoms with Crippen molar-refractivity contribution in [2.24, 2.45) is 0 Å². The van der Waals surface area contributed by atoms with E-state index in [1.165, 1.54) is 30.4 Å². The highest BCUT2D eigenvalue weighted by molar-refractivity contribution is 6.83. The zero-order valence-corrected chi connectivity index (χ0v) is 11.9. The van der Waals surface area contributed by atoms with Crippen molar-refractivity contribution in [1.82, 2.24) is 0 Å². The van der Waals surface area contributed by atoms with E-state index in [1.54, 1.807) is 0 Å². The van der Waals surface area contributed by atoms with Gasteiger partial charge < -0.3 is 0 Å². The van der Waals surface area contributed by atoms with Crippen LogP contribution in [-0.2, 0) is 6.42 Å². The zero-order chi connectivity index (χ0) is 12.0. The predicted octanol–water partition coefficient (Wildman–Crippen LogP) is 4.26. The first-order valence-corrected chi connectivity index (χ1v) is 9.63. The topological polar surface area (TPSA) is 0 Å². The van der Waals surface area contributed by atoms with Gasteiger partial charge in [-0.15, -0.1) is 5.54 Å². The van der Waals surface area contributed by atoms with Gasteiger partial charge in [0.15, 0.2) is 0 Å². The second kappa shape index (κ2) is 5.91. The molecule has 0 bridgehead atoms. The van der Waals surface area contributed by atoms with E-state index >= 15 is 0 Å². The van der Waals surface area contributed by atoms with E-state index in [0.717, 1.165) is 0 Å². The highest BCUT2D eigenvalue weighted by atomic mass is 28.3. The molecule has 0 saturated heterocycles. The Morgan fingerprint density at radius 1 is 1.19 bits per heavy atom. The van der Waals surface area contributed by atoms with Gasteiger partial charge in [-0.25, -0.2) is 0 Å². The molecular formula is C15H22Si. The molecule has 0 aliphatic rings. The fraction of sp³-hybridized carbons (Fsp3) is 0.467. The van der Waals surface area contributed by atoms with Crippen molar-refractivity contribution >= 4 is 8.07 Å². The van der Waals surface area contributed by atoms with Crippen LogP contribution in [-0.4, -0.2) is 8.07 Å². The first-order chi connectivity index (χ1) is 7.51. The van der Waals surface area contributed by atoms with Crippen molar-refractivity contribution in [3.8, 4) is 11.5 Å². The Morgan fingerprint density at radius 2 is 1.94 bits per heavy atom. The van der Waals surface area contributed by atoms with E-state index < -0.39 is 8.07 Å². The Bertz CT molecular complexity index is 388. The Kier molecular flexibility index (Phi) is 4.83. The van der Waals surface area contributed by atoms with Crippen LogP contribution in [0.25, 0.3) is 0 Å². The molecule has 0 spiro atoms. The Labute approximate surface area is 101 Å². The van der Waals surface area contributed by atoms with E-state index in [1.807, 2.05) is 0 Å².